The zero-order chi connectivity index (χ0) is 13.1. The van der Waals surface area contributed by atoms with E-state index in [1.807, 2.05) is 13.8 Å². The minimum atomic E-state index is -0.202. The normalized spacial score (nSPS) is 12.8. The van der Waals surface area contributed by atoms with Crippen LogP contribution in [0.3, 0.4) is 0 Å². The van der Waals surface area contributed by atoms with Gasteiger partial charge in [-0.25, -0.2) is 0 Å². The molecule has 0 bridgehead atoms. The summed E-state index contributed by atoms with van der Waals surface area (Å²) < 4.78 is 5.05. The van der Waals surface area contributed by atoms with Crippen molar-refractivity contribution in [3.63, 3.8) is 0 Å². The molecule has 1 N–H and O–H groups in total. The third-order valence-corrected chi connectivity index (χ3v) is 2.66. The molecule has 102 valence electrons. The molecule has 0 amide bonds. The summed E-state index contributed by atoms with van der Waals surface area (Å²) in [5, 5.41) is 3.17. The number of ether oxygens (including phenoxy) is 1. The average Bonchev–Trinajstić information content (AvgIpc) is 2.29. The quantitative estimate of drug-likeness (QED) is 0.469. The first-order valence-electron chi connectivity index (χ1n) is 6.74. The van der Waals surface area contributed by atoms with Crippen molar-refractivity contribution in [2.24, 2.45) is 0 Å². The summed E-state index contributed by atoms with van der Waals surface area (Å²) in [4.78, 5) is 13.9. The summed E-state index contributed by atoms with van der Waals surface area (Å²) in [5.74, 6) is -0.142. The molecular weight excluding hydrogens is 216 g/mol. The van der Waals surface area contributed by atoms with Gasteiger partial charge in [-0.2, -0.15) is 0 Å². The van der Waals surface area contributed by atoms with Gasteiger partial charge in [-0.3, -0.25) is 4.79 Å². The average molecular weight is 244 g/mol. The van der Waals surface area contributed by atoms with Crippen LogP contribution in [0.4, 0.5) is 0 Å². The molecule has 0 aromatic heterocycles. The largest absolute Gasteiger partial charge is 0.465 e. The summed E-state index contributed by atoms with van der Waals surface area (Å²) in [6, 6.07) is -0.202. The Morgan fingerprint density at radius 3 is 2.53 bits per heavy atom. The number of likely N-dealkylation sites (N-methyl/N-ethyl adjacent to an activating group) is 2. The number of hydrogen-bond donors (Lipinski definition) is 1. The van der Waals surface area contributed by atoms with E-state index in [-0.39, 0.29) is 12.0 Å². The zero-order valence-corrected chi connectivity index (χ0v) is 11.8. The van der Waals surface area contributed by atoms with Gasteiger partial charge in [0.15, 0.2) is 0 Å². The highest BCUT2D eigenvalue weighted by Gasteiger charge is 2.19. The first-order valence-corrected chi connectivity index (χ1v) is 6.74. The summed E-state index contributed by atoms with van der Waals surface area (Å²) >= 11 is 0. The van der Waals surface area contributed by atoms with E-state index in [0.29, 0.717) is 6.61 Å². The van der Waals surface area contributed by atoms with Gasteiger partial charge in [-0.05, 0) is 33.5 Å². The number of carbonyl (C=O) groups excluding carboxylic acids is 1. The number of esters is 1. The number of rotatable bonds is 10. The van der Waals surface area contributed by atoms with E-state index in [1.165, 1.54) is 19.3 Å². The van der Waals surface area contributed by atoms with Crippen LogP contribution in [0.25, 0.3) is 0 Å². The lowest BCUT2D eigenvalue weighted by atomic mass is 10.2. The van der Waals surface area contributed by atoms with Crippen LogP contribution in [0.2, 0.25) is 0 Å². The van der Waals surface area contributed by atoms with Crippen LogP contribution in [0, 0.1) is 0 Å². The van der Waals surface area contributed by atoms with Crippen molar-refractivity contribution in [3.8, 4) is 0 Å². The second kappa shape index (κ2) is 10.5. The fraction of sp³-hybridized carbons (Fsp3) is 0.923. The number of carbonyl (C=O) groups is 1. The molecule has 0 rings (SSSR count). The van der Waals surface area contributed by atoms with Gasteiger partial charge < -0.3 is 15.0 Å². The minimum Gasteiger partial charge on any atom is -0.465 e. The maximum Gasteiger partial charge on any atom is 0.324 e. The molecule has 1 unspecified atom stereocenters. The molecule has 4 nitrogen and oxygen atoms in total. The summed E-state index contributed by atoms with van der Waals surface area (Å²) in [6.07, 6.45) is 3.66. The van der Waals surface area contributed by atoms with Crippen LogP contribution in [0.1, 0.15) is 40.0 Å². The minimum absolute atomic E-state index is 0.142. The Labute approximate surface area is 106 Å². The van der Waals surface area contributed by atoms with Gasteiger partial charge in [0.1, 0.15) is 6.04 Å². The van der Waals surface area contributed by atoms with Crippen molar-refractivity contribution < 1.29 is 9.53 Å². The topological polar surface area (TPSA) is 41.6 Å². The molecule has 0 saturated heterocycles. The summed E-state index contributed by atoms with van der Waals surface area (Å²) in [7, 11) is 2.05. The Morgan fingerprint density at radius 1 is 1.29 bits per heavy atom. The Balaban J connectivity index is 4.00. The maximum absolute atomic E-state index is 11.7. The van der Waals surface area contributed by atoms with E-state index < -0.39 is 0 Å². The number of unbranched alkanes of at least 4 members (excludes halogenated alkanes) is 2. The van der Waals surface area contributed by atoms with Crippen LogP contribution in [-0.2, 0) is 9.53 Å². The highest BCUT2D eigenvalue weighted by molar-refractivity contribution is 5.76. The Morgan fingerprint density at radius 2 is 2.00 bits per heavy atom. The highest BCUT2D eigenvalue weighted by atomic mass is 16.5. The lowest BCUT2D eigenvalue weighted by Gasteiger charge is -2.23. The van der Waals surface area contributed by atoms with Gasteiger partial charge >= 0.3 is 5.97 Å². The van der Waals surface area contributed by atoms with Gasteiger partial charge in [0, 0.05) is 6.54 Å². The SMILES string of the molecule is CCCCCN(C)CC(NCC)C(=O)OCC. The van der Waals surface area contributed by atoms with Crippen LogP contribution in [0.5, 0.6) is 0 Å². The van der Waals surface area contributed by atoms with Crippen LogP contribution in [-0.4, -0.2) is 50.2 Å². The fourth-order valence-corrected chi connectivity index (χ4v) is 1.75. The Kier molecular flexibility index (Phi) is 10.2. The van der Waals surface area contributed by atoms with E-state index in [9.17, 15) is 4.79 Å². The smallest absolute Gasteiger partial charge is 0.324 e. The van der Waals surface area contributed by atoms with Crippen molar-refractivity contribution in [1.29, 1.82) is 0 Å². The third kappa shape index (κ3) is 8.16. The highest BCUT2D eigenvalue weighted by Crippen LogP contribution is 1.99. The van der Waals surface area contributed by atoms with E-state index in [2.05, 4.69) is 24.2 Å². The number of hydrogen-bond acceptors (Lipinski definition) is 4. The molecule has 0 aliphatic carbocycles. The van der Waals surface area contributed by atoms with Gasteiger partial charge in [0.05, 0.1) is 6.61 Å². The molecule has 0 radical (unpaired) electrons. The molecule has 0 heterocycles. The van der Waals surface area contributed by atoms with Crippen molar-refractivity contribution >= 4 is 5.97 Å². The van der Waals surface area contributed by atoms with E-state index in [0.717, 1.165) is 19.6 Å². The van der Waals surface area contributed by atoms with Crippen molar-refractivity contribution in [2.45, 2.75) is 46.1 Å². The van der Waals surface area contributed by atoms with Crippen molar-refractivity contribution in [3.05, 3.63) is 0 Å². The van der Waals surface area contributed by atoms with E-state index in [1.54, 1.807) is 0 Å². The monoisotopic (exact) mass is 244 g/mol. The molecule has 0 saturated carbocycles. The molecule has 0 spiro atoms. The maximum atomic E-state index is 11.7. The second-order valence-corrected chi connectivity index (χ2v) is 4.33. The van der Waals surface area contributed by atoms with Crippen molar-refractivity contribution in [1.82, 2.24) is 10.2 Å². The van der Waals surface area contributed by atoms with Gasteiger partial charge in [0.2, 0.25) is 0 Å². The predicted octanol–water partition coefficient (Wildman–Crippen LogP) is 1.65. The van der Waals surface area contributed by atoms with Crippen LogP contribution < -0.4 is 5.32 Å². The van der Waals surface area contributed by atoms with Crippen molar-refractivity contribution in [2.75, 3.05) is 33.3 Å². The lowest BCUT2D eigenvalue weighted by Crippen LogP contribution is -2.46. The third-order valence-electron chi connectivity index (χ3n) is 2.66. The van der Waals surface area contributed by atoms with Gasteiger partial charge in [-0.15, -0.1) is 0 Å². The molecule has 0 aliphatic rings. The molecule has 0 aliphatic heterocycles. The summed E-state index contributed by atoms with van der Waals surface area (Å²) in [6.45, 7) is 9.02. The van der Waals surface area contributed by atoms with E-state index in [4.69, 9.17) is 4.74 Å². The van der Waals surface area contributed by atoms with Gasteiger partial charge in [-0.1, -0.05) is 26.7 Å². The van der Waals surface area contributed by atoms with Crippen LogP contribution in [0.15, 0.2) is 0 Å². The molecule has 0 fully saturated rings. The lowest BCUT2D eigenvalue weighted by molar-refractivity contribution is -0.146. The Hall–Kier alpha value is -0.610. The zero-order valence-electron chi connectivity index (χ0n) is 11.8. The molecule has 1 atom stereocenters. The number of nitrogens with zero attached hydrogens (tertiary/aromatic N) is 1. The molecule has 17 heavy (non-hydrogen) atoms. The number of nitrogens with one attached hydrogen (secondary N) is 1. The molecule has 0 aromatic carbocycles. The molecule has 4 heteroatoms. The second-order valence-electron chi connectivity index (χ2n) is 4.33. The first-order chi connectivity index (χ1) is 8.15. The summed E-state index contributed by atoms with van der Waals surface area (Å²) in [5.41, 5.74) is 0. The molecular formula is C13H28N2O2. The predicted molar refractivity (Wildman–Crippen MR) is 71.1 cm³/mol. The Bertz CT molecular complexity index is 198. The molecule has 0 aromatic rings. The van der Waals surface area contributed by atoms with Gasteiger partial charge in [0.25, 0.3) is 0 Å². The van der Waals surface area contributed by atoms with E-state index >= 15 is 0 Å². The fourth-order valence-electron chi connectivity index (χ4n) is 1.75. The van der Waals surface area contributed by atoms with Crippen LogP contribution >= 0.6 is 0 Å². The standard InChI is InChI=1S/C13H28N2O2/c1-5-8-9-10-15(4)11-12(14-6-2)13(16)17-7-3/h12,14H,5-11H2,1-4H3. The first kappa shape index (κ1) is 16.4.